The van der Waals surface area contributed by atoms with Crippen LogP contribution >= 0.6 is 15.9 Å². The number of ether oxygens (including phenoxy) is 2. The minimum Gasteiger partial charge on any atom is -0.465 e. The molecule has 0 atom stereocenters. The lowest BCUT2D eigenvalue weighted by atomic mass is 10.2. The highest BCUT2D eigenvalue weighted by Crippen LogP contribution is 2.31. The van der Waals surface area contributed by atoms with E-state index in [2.05, 4.69) is 36.0 Å². The molecule has 7 nitrogen and oxygen atoms in total. The van der Waals surface area contributed by atoms with Gasteiger partial charge in [0, 0.05) is 10.2 Å². The van der Waals surface area contributed by atoms with E-state index in [1.807, 2.05) is 24.3 Å². The smallest absolute Gasteiger partial charge is 0.337 e. The zero-order valence-corrected chi connectivity index (χ0v) is 15.4. The van der Waals surface area contributed by atoms with Gasteiger partial charge in [0.2, 0.25) is 5.88 Å². The summed E-state index contributed by atoms with van der Waals surface area (Å²) in [6, 6.07) is 14.0. The first-order valence-corrected chi connectivity index (χ1v) is 8.35. The molecule has 0 amide bonds. The molecule has 0 saturated carbocycles. The van der Waals surface area contributed by atoms with Crippen LogP contribution < -0.4 is 15.8 Å². The van der Waals surface area contributed by atoms with Crippen LogP contribution in [0.15, 0.2) is 59.3 Å². The number of carbonyl (C=O) groups excluding carboxylic acids is 1. The van der Waals surface area contributed by atoms with Crippen molar-refractivity contribution in [1.82, 2.24) is 9.97 Å². The van der Waals surface area contributed by atoms with Crippen LogP contribution in [0.3, 0.4) is 0 Å². The van der Waals surface area contributed by atoms with Crippen LogP contribution in [0.1, 0.15) is 10.4 Å². The molecule has 2 aromatic carbocycles. The Kier molecular flexibility index (Phi) is 5.33. The minimum atomic E-state index is -0.418. The quantitative estimate of drug-likeness (QED) is 0.604. The number of esters is 1. The lowest BCUT2D eigenvalue weighted by Gasteiger charge is -2.12. The normalized spacial score (nSPS) is 10.2. The number of nitrogens with zero attached hydrogens (tertiary/aromatic N) is 2. The lowest BCUT2D eigenvalue weighted by Crippen LogP contribution is -2.03. The van der Waals surface area contributed by atoms with Crippen molar-refractivity contribution < 1.29 is 14.3 Å². The van der Waals surface area contributed by atoms with Crippen molar-refractivity contribution >= 4 is 39.1 Å². The third kappa shape index (κ3) is 4.09. The van der Waals surface area contributed by atoms with Gasteiger partial charge in [0.15, 0.2) is 5.82 Å². The van der Waals surface area contributed by atoms with Crippen molar-refractivity contribution in [2.24, 2.45) is 0 Å². The molecule has 0 radical (unpaired) electrons. The zero-order chi connectivity index (χ0) is 18.5. The number of halogens is 1. The standard InChI is InChI=1S/C18H15BrN4O3/c1-25-18(24)11-2-8-14(9-3-11)26-17-15(20)16(21-10-22-17)23-13-6-4-12(19)5-7-13/h2-10H,20H2,1H3,(H,21,22,23). The van der Waals surface area contributed by atoms with Crippen LogP contribution in [0.2, 0.25) is 0 Å². The summed E-state index contributed by atoms with van der Waals surface area (Å²) in [5, 5.41) is 3.12. The first kappa shape index (κ1) is 17.7. The number of benzene rings is 2. The number of hydrogen-bond acceptors (Lipinski definition) is 7. The van der Waals surface area contributed by atoms with E-state index in [1.165, 1.54) is 13.4 Å². The second-order valence-electron chi connectivity index (χ2n) is 5.19. The summed E-state index contributed by atoms with van der Waals surface area (Å²) in [6.07, 6.45) is 1.36. The number of anilines is 3. The summed E-state index contributed by atoms with van der Waals surface area (Å²) in [4.78, 5) is 19.7. The molecule has 8 heteroatoms. The van der Waals surface area contributed by atoms with Gasteiger partial charge in [-0.3, -0.25) is 0 Å². The average Bonchev–Trinajstić information content (AvgIpc) is 2.66. The second kappa shape index (κ2) is 7.83. The number of nitrogen functional groups attached to an aromatic ring is 1. The molecular weight excluding hydrogens is 400 g/mol. The summed E-state index contributed by atoms with van der Waals surface area (Å²) in [5.41, 5.74) is 7.63. The molecule has 0 spiro atoms. The third-order valence-electron chi connectivity index (χ3n) is 3.44. The van der Waals surface area contributed by atoms with Gasteiger partial charge in [0.25, 0.3) is 0 Å². The highest BCUT2D eigenvalue weighted by atomic mass is 79.9. The summed E-state index contributed by atoms with van der Waals surface area (Å²) in [7, 11) is 1.33. The fourth-order valence-electron chi connectivity index (χ4n) is 2.12. The van der Waals surface area contributed by atoms with Crippen molar-refractivity contribution in [3.8, 4) is 11.6 Å². The van der Waals surface area contributed by atoms with E-state index in [0.29, 0.717) is 17.1 Å². The van der Waals surface area contributed by atoms with Gasteiger partial charge in [0.1, 0.15) is 17.8 Å². The number of aromatic nitrogens is 2. The van der Waals surface area contributed by atoms with Gasteiger partial charge in [-0.1, -0.05) is 15.9 Å². The van der Waals surface area contributed by atoms with Crippen LogP contribution in [0.5, 0.6) is 11.6 Å². The molecule has 0 bridgehead atoms. The Balaban J connectivity index is 1.78. The van der Waals surface area contributed by atoms with Crippen molar-refractivity contribution in [2.45, 2.75) is 0 Å². The number of nitrogens with two attached hydrogens (primary N) is 1. The van der Waals surface area contributed by atoms with Gasteiger partial charge >= 0.3 is 5.97 Å². The first-order chi connectivity index (χ1) is 12.6. The Labute approximate surface area is 158 Å². The predicted octanol–water partition coefficient (Wildman–Crippen LogP) is 4.14. The van der Waals surface area contributed by atoms with E-state index in [4.69, 9.17) is 10.5 Å². The Morgan fingerprint density at radius 2 is 1.77 bits per heavy atom. The number of carbonyl (C=O) groups is 1. The van der Waals surface area contributed by atoms with Crippen molar-refractivity contribution in [2.75, 3.05) is 18.2 Å². The van der Waals surface area contributed by atoms with Crippen molar-refractivity contribution in [1.29, 1.82) is 0 Å². The van der Waals surface area contributed by atoms with Gasteiger partial charge in [0.05, 0.1) is 12.7 Å². The molecule has 0 fully saturated rings. The van der Waals surface area contributed by atoms with E-state index in [9.17, 15) is 4.79 Å². The Morgan fingerprint density at radius 1 is 1.08 bits per heavy atom. The molecule has 3 N–H and O–H groups in total. The highest BCUT2D eigenvalue weighted by Gasteiger charge is 2.11. The number of methoxy groups -OCH3 is 1. The predicted molar refractivity (Wildman–Crippen MR) is 102 cm³/mol. The van der Waals surface area contributed by atoms with Gasteiger partial charge in [-0.2, -0.15) is 4.98 Å². The molecule has 0 aliphatic carbocycles. The van der Waals surface area contributed by atoms with Crippen molar-refractivity contribution in [3.63, 3.8) is 0 Å². The molecule has 1 aromatic heterocycles. The highest BCUT2D eigenvalue weighted by molar-refractivity contribution is 9.10. The fraction of sp³-hybridized carbons (Fsp3) is 0.0556. The van der Waals surface area contributed by atoms with Crippen LogP contribution in [-0.4, -0.2) is 23.0 Å². The summed E-state index contributed by atoms with van der Waals surface area (Å²) < 4.78 is 11.3. The second-order valence-corrected chi connectivity index (χ2v) is 6.11. The lowest BCUT2D eigenvalue weighted by molar-refractivity contribution is 0.0600. The zero-order valence-electron chi connectivity index (χ0n) is 13.8. The SMILES string of the molecule is COC(=O)c1ccc(Oc2ncnc(Nc3ccc(Br)cc3)c2N)cc1. The molecule has 0 aliphatic heterocycles. The largest absolute Gasteiger partial charge is 0.465 e. The van der Waals surface area contributed by atoms with Crippen LogP contribution in [-0.2, 0) is 4.74 Å². The molecule has 0 unspecified atom stereocenters. The molecule has 3 aromatic rings. The number of nitrogens with one attached hydrogen (secondary N) is 1. The topological polar surface area (TPSA) is 99.4 Å². The van der Waals surface area contributed by atoms with E-state index in [1.54, 1.807) is 24.3 Å². The van der Waals surface area contributed by atoms with E-state index >= 15 is 0 Å². The van der Waals surface area contributed by atoms with Crippen LogP contribution in [0.4, 0.5) is 17.2 Å². The van der Waals surface area contributed by atoms with Gasteiger partial charge in [-0.05, 0) is 48.5 Å². The van der Waals surface area contributed by atoms with E-state index in [-0.39, 0.29) is 11.6 Å². The van der Waals surface area contributed by atoms with E-state index in [0.717, 1.165) is 10.2 Å². The molecule has 26 heavy (non-hydrogen) atoms. The maximum atomic E-state index is 11.5. The molecule has 132 valence electrons. The van der Waals surface area contributed by atoms with Crippen LogP contribution in [0.25, 0.3) is 0 Å². The Hall–Kier alpha value is -3.13. The number of rotatable bonds is 5. The average molecular weight is 415 g/mol. The molecule has 3 rings (SSSR count). The number of hydrogen-bond donors (Lipinski definition) is 2. The van der Waals surface area contributed by atoms with E-state index < -0.39 is 5.97 Å². The molecule has 1 heterocycles. The molecule has 0 saturated heterocycles. The summed E-state index contributed by atoms with van der Waals surface area (Å²) in [5.74, 6) is 0.714. The maximum absolute atomic E-state index is 11.5. The Bertz CT molecular complexity index is 915. The monoisotopic (exact) mass is 414 g/mol. The molecule has 0 aliphatic rings. The van der Waals surface area contributed by atoms with Gasteiger partial charge < -0.3 is 20.5 Å². The summed E-state index contributed by atoms with van der Waals surface area (Å²) in [6.45, 7) is 0. The van der Waals surface area contributed by atoms with Gasteiger partial charge in [-0.25, -0.2) is 9.78 Å². The first-order valence-electron chi connectivity index (χ1n) is 7.56. The van der Waals surface area contributed by atoms with Gasteiger partial charge in [-0.15, -0.1) is 0 Å². The van der Waals surface area contributed by atoms with Crippen molar-refractivity contribution in [3.05, 3.63) is 64.9 Å². The third-order valence-corrected chi connectivity index (χ3v) is 3.97. The Morgan fingerprint density at radius 3 is 2.42 bits per heavy atom. The molecular formula is C18H15BrN4O3. The summed E-state index contributed by atoms with van der Waals surface area (Å²) >= 11 is 3.39. The maximum Gasteiger partial charge on any atom is 0.337 e. The minimum absolute atomic E-state index is 0.213. The van der Waals surface area contributed by atoms with Crippen LogP contribution in [0, 0.1) is 0 Å². The fourth-order valence-corrected chi connectivity index (χ4v) is 2.38.